The van der Waals surface area contributed by atoms with E-state index in [1.165, 1.54) is 24.5 Å². The lowest BCUT2D eigenvalue weighted by Gasteiger charge is -2.32. The van der Waals surface area contributed by atoms with Crippen LogP contribution >= 0.6 is 11.6 Å². The van der Waals surface area contributed by atoms with Crippen molar-refractivity contribution in [2.75, 3.05) is 13.1 Å². The minimum absolute atomic E-state index is 0.0892. The molecule has 27 heavy (non-hydrogen) atoms. The second-order valence-electron chi connectivity index (χ2n) is 6.28. The number of alkyl halides is 3. The summed E-state index contributed by atoms with van der Waals surface area (Å²) in [6, 6.07) is 5.01. The predicted molar refractivity (Wildman–Crippen MR) is 92.4 cm³/mol. The van der Waals surface area contributed by atoms with Gasteiger partial charge in [-0.2, -0.15) is 13.2 Å². The van der Waals surface area contributed by atoms with Crippen LogP contribution in [0.5, 0.6) is 6.01 Å². The molecule has 1 amide bonds. The summed E-state index contributed by atoms with van der Waals surface area (Å²) in [5, 5.41) is 0.392. The van der Waals surface area contributed by atoms with Crippen LogP contribution < -0.4 is 4.74 Å². The second kappa shape index (κ2) is 8.12. The Morgan fingerprint density at radius 2 is 2.04 bits per heavy atom. The third-order valence-corrected chi connectivity index (χ3v) is 4.40. The fraction of sp³-hybridized carbons (Fsp3) is 0.389. The van der Waals surface area contributed by atoms with Crippen LogP contribution in [-0.4, -0.2) is 40.0 Å². The fourth-order valence-electron chi connectivity index (χ4n) is 2.92. The lowest BCUT2D eigenvalue weighted by atomic mass is 10.0. The fourth-order valence-corrected chi connectivity index (χ4v) is 3.01. The number of amides is 1. The second-order valence-corrected chi connectivity index (χ2v) is 6.72. The number of halogens is 4. The zero-order chi connectivity index (χ0) is 19.4. The van der Waals surface area contributed by atoms with E-state index in [0.717, 1.165) is 25.0 Å². The molecule has 1 aromatic carbocycles. The van der Waals surface area contributed by atoms with E-state index in [1.54, 1.807) is 4.90 Å². The van der Waals surface area contributed by atoms with Gasteiger partial charge in [0.1, 0.15) is 6.10 Å². The van der Waals surface area contributed by atoms with E-state index in [0.29, 0.717) is 23.7 Å². The standard InChI is InChI=1S/C18H17ClF3N3O2/c19-14-9-23-17(24-10-14)27-15-5-2-6-25(11-15)16(26)8-12-3-1-4-13(7-12)18(20,21)22/h1,3-4,7,9-10,15H,2,5-6,8,11H2/t15-/m0/s1. The summed E-state index contributed by atoms with van der Waals surface area (Å²) in [6.45, 7) is 0.878. The Morgan fingerprint density at radius 3 is 2.74 bits per heavy atom. The summed E-state index contributed by atoms with van der Waals surface area (Å²) >= 11 is 5.73. The van der Waals surface area contributed by atoms with Gasteiger partial charge in [0.25, 0.3) is 0 Å². The van der Waals surface area contributed by atoms with Crippen molar-refractivity contribution in [1.29, 1.82) is 0 Å². The first kappa shape index (κ1) is 19.4. The van der Waals surface area contributed by atoms with Crippen molar-refractivity contribution in [3.05, 3.63) is 52.8 Å². The first-order chi connectivity index (χ1) is 12.8. The van der Waals surface area contributed by atoms with Crippen LogP contribution in [0.25, 0.3) is 0 Å². The number of hydrogen-bond acceptors (Lipinski definition) is 4. The molecule has 0 unspecified atom stereocenters. The zero-order valence-corrected chi connectivity index (χ0v) is 15.0. The predicted octanol–water partition coefficient (Wildman–Crippen LogP) is 3.76. The number of aromatic nitrogens is 2. The molecule has 0 N–H and O–H groups in total. The van der Waals surface area contributed by atoms with Gasteiger partial charge in [-0.1, -0.05) is 29.8 Å². The summed E-state index contributed by atoms with van der Waals surface area (Å²) in [5.41, 5.74) is -0.425. The normalized spacial score (nSPS) is 17.6. The Balaban J connectivity index is 1.60. The molecular weight excluding hydrogens is 383 g/mol. The quantitative estimate of drug-likeness (QED) is 0.785. The molecule has 9 heteroatoms. The molecule has 1 saturated heterocycles. The number of ether oxygens (including phenoxy) is 1. The van der Waals surface area contributed by atoms with Crippen molar-refractivity contribution in [3.63, 3.8) is 0 Å². The maximum absolute atomic E-state index is 12.8. The highest BCUT2D eigenvalue weighted by molar-refractivity contribution is 6.30. The SMILES string of the molecule is O=C(Cc1cccc(C(F)(F)F)c1)N1CCC[C@H](Oc2ncc(Cl)cn2)C1. The van der Waals surface area contributed by atoms with Gasteiger partial charge in [0.15, 0.2) is 0 Å². The molecule has 144 valence electrons. The van der Waals surface area contributed by atoms with E-state index in [1.807, 2.05) is 0 Å². The Bertz CT molecular complexity index is 799. The molecule has 0 aliphatic carbocycles. The van der Waals surface area contributed by atoms with Crippen molar-refractivity contribution < 1.29 is 22.7 Å². The average Bonchev–Trinajstić information content (AvgIpc) is 2.63. The Labute approximate surface area is 159 Å². The van der Waals surface area contributed by atoms with E-state index in [9.17, 15) is 18.0 Å². The minimum Gasteiger partial charge on any atom is -0.458 e. The zero-order valence-electron chi connectivity index (χ0n) is 14.2. The molecule has 2 aromatic rings. The number of carbonyl (C=O) groups is 1. The lowest BCUT2D eigenvalue weighted by Crippen LogP contribution is -2.45. The summed E-state index contributed by atoms with van der Waals surface area (Å²) in [5.74, 6) is -0.236. The molecule has 5 nitrogen and oxygen atoms in total. The molecule has 1 aliphatic rings. The van der Waals surface area contributed by atoms with Crippen LogP contribution in [0.2, 0.25) is 5.02 Å². The van der Waals surface area contributed by atoms with Crippen molar-refractivity contribution in [2.24, 2.45) is 0 Å². The van der Waals surface area contributed by atoms with Crippen molar-refractivity contribution in [3.8, 4) is 6.01 Å². The highest BCUT2D eigenvalue weighted by Gasteiger charge is 2.31. The van der Waals surface area contributed by atoms with Crippen LogP contribution in [0, 0.1) is 0 Å². The van der Waals surface area contributed by atoms with Gasteiger partial charge in [0, 0.05) is 6.54 Å². The van der Waals surface area contributed by atoms with Gasteiger partial charge in [-0.3, -0.25) is 4.79 Å². The van der Waals surface area contributed by atoms with Crippen LogP contribution in [0.4, 0.5) is 13.2 Å². The van der Waals surface area contributed by atoms with Crippen LogP contribution in [0.3, 0.4) is 0 Å². The van der Waals surface area contributed by atoms with Crippen LogP contribution in [0.1, 0.15) is 24.0 Å². The number of likely N-dealkylation sites (tertiary alicyclic amines) is 1. The van der Waals surface area contributed by atoms with E-state index in [2.05, 4.69) is 9.97 Å². The molecule has 1 fully saturated rings. The van der Waals surface area contributed by atoms with Gasteiger partial charge in [-0.05, 0) is 24.5 Å². The Hall–Kier alpha value is -2.35. The third-order valence-electron chi connectivity index (χ3n) is 4.21. The van der Waals surface area contributed by atoms with E-state index >= 15 is 0 Å². The number of rotatable bonds is 4. The van der Waals surface area contributed by atoms with Crippen molar-refractivity contribution >= 4 is 17.5 Å². The molecule has 1 aliphatic heterocycles. The number of carbonyl (C=O) groups excluding carboxylic acids is 1. The first-order valence-corrected chi connectivity index (χ1v) is 8.77. The number of piperidine rings is 1. The molecule has 2 heterocycles. The first-order valence-electron chi connectivity index (χ1n) is 8.39. The average molecular weight is 400 g/mol. The molecular formula is C18H17ClF3N3O2. The largest absolute Gasteiger partial charge is 0.458 e. The Kier molecular flexibility index (Phi) is 5.84. The molecule has 1 atom stereocenters. The lowest BCUT2D eigenvalue weighted by molar-refractivity contribution is -0.138. The van der Waals surface area contributed by atoms with Gasteiger partial charge < -0.3 is 9.64 Å². The summed E-state index contributed by atoms with van der Waals surface area (Å²) in [6.07, 6.45) is -0.487. The van der Waals surface area contributed by atoms with Gasteiger partial charge >= 0.3 is 12.2 Å². The minimum atomic E-state index is -4.43. The molecule has 0 bridgehead atoms. The van der Waals surface area contributed by atoms with Gasteiger partial charge in [-0.25, -0.2) is 9.97 Å². The van der Waals surface area contributed by atoms with Gasteiger partial charge in [0.2, 0.25) is 5.91 Å². The van der Waals surface area contributed by atoms with Crippen molar-refractivity contribution in [2.45, 2.75) is 31.5 Å². The third kappa shape index (κ3) is 5.32. The maximum Gasteiger partial charge on any atom is 0.416 e. The van der Waals surface area contributed by atoms with Crippen LogP contribution in [0.15, 0.2) is 36.7 Å². The molecule has 1 aromatic heterocycles. The van der Waals surface area contributed by atoms with E-state index in [4.69, 9.17) is 16.3 Å². The van der Waals surface area contributed by atoms with E-state index < -0.39 is 11.7 Å². The molecule has 3 rings (SSSR count). The number of nitrogens with zero attached hydrogens (tertiary/aromatic N) is 3. The van der Waals surface area contributed by atoms with Crippen molar-refractivity contribution in [1.82, 2.24) is 14.9 Å². The summed E-state index contributed by atoms with van der Waals surface area (Å²) in [4.78, 5) is 22.0. The highest BCUT2D eigenvalue weighted by Crippen LogP contribution is 2.29. The topological polar surface area (TPSA) is 55.3 Å². The van der Waals surface area contributed by atoms with E-state index in [-0.39, 0.29) is 24.4 Å². The van der Waals surface area contributed by atoms with Gasteiger partial charge in [0.05, 0.1) is 35.9 Å². The van der Waals surface area contributed by atoms with Crippen LogP contribution in [-0.2, 0) is 17.4 Å². The number of hydrogen-bond donors (Lipinski definition) is 0. The molecule has 0 spiro atoms. The maximum atomic E-state index is 12.8. The highest BCUT2D eigenvalue weighted by atomic mass is 35.5. The smallest absolute Gasteiger partial charge is 0.416 e. The van der Waals surface area contributed by atoms with Gasteiger partial charge in [-0.15, -0.1) is 0 Å². The Morgan fingerprint density at radius 1 is 1.30 bits per heavy atom. The monoisotopic (exact) mass is 399 g/mol. The molecule has 0 saturated carbocycles. The number of benzene rings is 1. The molecule has 0 radical (unpaired) electrons. The summed E-state index contributed by atoms with van der Waals surface area (Å²) < 4.78 is 44.1. The summed E-state index contributed by atoms with van der Waals surface area (Å²) in [7, 11) is 0.